The normalized spacial score (nSPS) is 23.4. The summed E-state index contributed by atoms with van der Waals surface area (Å²) in [4.78, 5) is 91.1. The van der Waals surface area contributed by atoms with Crippen LogP contribution in [0.5, 0.6) is 0 Å². The molecule has 0 saturated carbocycles. The number of aliphatic carboxylic acids is 1. The average Bonchev–Trinajstić information content (AvgIpc) is 1.23. The summed E-state index contributed by atoms with van der Waals surface area (Å²) >= 11 is 1.46. The number of likely N-dealkylation sites (tertiary alicyclic amines) is 1. The van der Waals surface area contributed by atoms with Crippen molar-refractivity contribution < 1.29 is 88.6 Å². The SMILES string of the molecule is CCC(C)C(C(CC(=O)N1CCCC1C(OC)C(C)C(=O)NC(Cc1ccccc1)c1nccs1)OC)N(C)C(=O)C(NC(=O)C(C(C)C)N(C)CC(O)C(O)C(O)C(O)COCc1cn(CC(O)C(O)C2OC(C)(C(=O)O)CC(O)C2NC(C)=O)nn1)C(C)C. The number of benzene rings is 1. The summed E-state index contributed by atoms with van der Waals surface area (Å²) in [6.07, 6.45) is -10.3. The number of likely N-dealkylation sites (N-methyl/N-ethyl adjacent to an activating group) is 2. The molecule has 5 rings (SSSR count). The van der Waals surface area contributed by atoms with Gasteiger partial charge in [0, 0.05) is 59.3 Å². The Morgan fingerprint density at radius 1 is 0.901 bits per heavy atom. The molecule has 19 unspecified atom stereocenters. The molecular formula is C62H100N10O18S. The predicted molar refractivity (Wildman–Crippen MR) is 332 cm³/mol. The standard InChI is InChI=1S/C62H100N10O18S/c1-14-35(6)51(46(87-12)26-47(78)72-23-18-21-41(72)55(88-13)36(7)57(82)65-40(59-63-22-24-91-59)25-38-19-16-15-17-20-38)70(11)60(84)48(33(2)3)66-58(83)50(34(4)5)69(10)29-43(75)52(79)53(80)45(77)32-89-31-39-28-71(68-67-39)30-44(76)54(81)56-49(64-37(8)73)42(74)27-62(9,90-56)61(85)86/h15-17,19-20,22,24,28,33-36,40-46,48-56,74-77,79-81H,14,18,21,23,25-27,29-32H2,1-13H3,(H,64,73)(H,65,82)(H,66,83)(H,85,86). The zero-order valence-electron chi connectivity index (χ0n) is 54.6. The molecule has 3 aromatic rings. The molecule has 5 amide bonds. The average molecular weight is 1310 g/mol. The van der Waals surface area contributed by atoms with Crippen LogP contribution in [0.15, 0.2) is 48.1 Å². The van der Waals surface area contributed by atoms with Gasteiger partial charge in [0.2, 0.25) is 29.5 Å². The number of carboxylic acids is 1. The summed E-state index contributed by atoms with van der Waals surface area (Å²) in [6.45, 7) is 14.0. The number of thiazole rings is 1. The number of nitrogens with one attached hydrogen (secondary N) is 3. The molecule has 91 heavy (non-hydrogen) atoms. The quantitative estimate of drug-likeness (QED) is 0.0366. The summed E-state index contributed by atoms with van der Waals surface area (Å²) in [7, 11) is 6.21. The van der Waals surface area contributed by atoms with Gasteiger partial charge in [0.15, 0.2) is 5.60 Å². The zero-order chi connectivity index (χ0) is 67.8. The summed E-state index contributed by atoms with van der Waals surface area (Å²) < 4.78 is 24.5. The molecule has 2 saturated heterocycles. The van der Waals surface area contributed by atoms with Crippen molar-refractivity contribution in [3.63, 3.8) is 0 Å². The van der Waals surface area contributed by atoms with Gasteiger partial charge < -0.3 is 85.5 Å². The summed E-state index contributed by atoms with van der Waals surface area (Å²) in [5, 5.41) is 106. The first-order valence-corrected chi connectivity index (χ1v) is 32.0. The van der Waals surface area contributed by atoms with Crippen molar-refractivity contribution in [2.45, 2.75) is 217 Å². The van der Waals surface area contributed by atoms with Crippen LogP contribution in [0.25, 0.3) is 0 Å². The van der Waals surface area contributed by atoms with Crippen LogP contribution in [0.1, 0.15) is 117 Å². The Morgan fingerprint density at radius 2 is 1.57 bits per heavy atom. The molecule has 512 valence electrons. The number of aliphatic hydroxyl groups excluding tert-OH is 7. The molecule has 2 aliphatic heterocycles. The van der Waals surface area contributed by atoms with Crippen molar-refractivity contribution in [1.82, 2.24) is 50.6 Å². The number of hydrogen-bond acceptors (Lipinski definition) is 22. The third kappa shape index (κ3) is 20.2. The summed E-state index contributed by atoms with van der Waals surface area (Å²) in [5.74, 6) is -5.14. The monoisotopic (exact) mass is 1300 g/mol. The molecule has 0 radical (unpaired) electrons. The Hall–Kier alpha value is -5.67. The van der Waals surface area contributed by atoms with Gasteiger partial charge in [0.25, 0.3) is 0 Å². The van der Waals surface area contributed by atoms with Gasteiger partial charge in [-0.25, -0.2) is 14.5 Å². The van der Waals surface area contributed by atoms with Gasteiger partial charge >= 0.3 is 5.97 Å². The minimum atomic E-state index is -1.95. The Bertz CT molecular complexity index is 2770. The first-order valence-electron chi connectivity index (χ1n) is 31.2. The highest BCUT2D eigenvalue weighted by Crippen LogP contribution is 2.34. The van der Waals surface area contributed by atoms with Gasteiger partial charge in [-0.3, -0.25) is 28.9 Å². The lowest BCUT2D eigenvalue weighted by Crippen LogP contribution is -2.66. The third-order valence-electron chi connectivity index (χ3n) is 17.6. The van der Waals surface area contributed by atoms with Gasteiger partial charge in [0.05, 0.1) is 92.9 Å². The molecule has 1 aromatic carbocycles. The van der Waals surface area contributed by atoms with Crippen molar-refractivity contribution in [2.24, 2.45) is 23.7 Å². The summed E-state index contributed by atoms with van der Waals surface area (Å²) in [5.41, 5.74) is -0.745. The lowest BCUT2D eigenvalue weighted by molar-refractivity contribution is -0.223. The number of carbonyl (C=O) groups is 6. The molecule has 2 aliphatic rings. The van der Waals surface area contributed by atoms with Gasteiger partial charge in [-0.2, -0.15) is 0 Å². The van der Waals surface area contributed by atoms with Crippen molar-refractivity contribution in [3.8, 4) is 0 Å². The van der Waals surface area contributed by atoms with Crippen LogP contribution in [-0.2, 0) is 67.3 Å². The highest BCUT2D eigenvalue weighted by molar-refractivity contribution is 7.09. The van der Waals surface area contributed by atoms with Gasteiger partial charge in [0.1, 0.15) is 53.4 Å². The van der Waals surface area contributed by atoms with Gasteiger partial charge in [-0.1, -0.05) is 90.4 Å². The fourth-order valence-electron chi connectivity index (χ4n) is 12.4. The second-order valence-electron chi connectivity index (χ2n) is 25.3. The Labute approximate surface area is 537 Å². The molecule has 4 heterocycles. The minimum Gasteiger partial charge on any atom is -0.479 e. The van der Waals surface area contributed by atoms with Gasteiger partial charge in [-0.05, 0) is 56.6 Å². The zero-order valence-corrected chi connectivity index (χ0v) is 55.5. The van der Waals surface area contributed by atoms with E-state index in [1.165, 1.54) is 43.5 Å². The fourth-order valence-corrected chi connectivity index (χ4v) is 13.1. The number of amides is 5. The lowest BCUT2D eigenvalue weighted by Gasteiger charge is -2.45. The Kier molecular flexibility index (Phi) is 29.3. The number of hydrogen-bond donors (Lipinski definition) is 11. The van der Waals surface area contributed by atoms with Crippen molar-refractivity contribution >= 4 is 46.8 Å². The van der Waals surface area contributed by atoms with E-state index < -0.39 is 158 Å². The van der Waals surface area contributed by atoms with Crippen molar-refractivity contribution in [1.29, 1.82) is 0 Å². The number of methoxy groups -OCH3 is 2. The topological polar surface area (TPSA) is 391 Å². The largest absolute Gasteiger partial charge is 0.479 e. The van der Waals surface area contributed by atoms with Gasteiger partial charge in [-0.15, -0.1) is 16.4 Å². The Balaban J connectivity index is 1.16. The smallest absolute Gasteiger partial charge is 0.335 e. The van der Waals surface area contributed by atoms with Crippen LogP contribution in [0.4, 0.5) is 0 Å². The molecule has 28 nitrogen and oxygen atoms in total. The van der Waals surface area contributed by atoms with Crippen LogP contribution >= 0.6 is 11.3 Å². The highest BCUT2D eigenvalue weighted by atomic mass is 32.1. The number of nitrogens with zero attached hydrogens (tertiary/aromatic N) is 7. The maximum Gasteiger partial charge on any atom is 0.335 e. The predicted octanol–water partition coefficient (Wildman–Crippen LogP) is 0.0321. The molecular weight excluding hydrogens is 1200 g/mol. The number of aromatic nitrogens is 4. The lowest BCUT2D eigenvalue weighted by atomic mass is 9.84. The fraction of sp³-hybridized carbons (Fsp3) is 0.726. The van der Waals surface area contributed by atoms with Crippen molar-refractivity contribution in [3.05, 3.63) is 64.4 Å². The molecule has 11 N–H and O–H groups in total. The Morgan fingerprint density at radius 3 is 2.15 bits per heavy atom. The number of aliphatic hydroxyl groups is 7. The van der Waals surface area contributed by atoms with Crippen LogP contribution in [-0.4, -0.2) is 256 Å². The van der Waals surface area contributed by atoms with Crippen molar-refractivity contribution in [2.75, 3.05) is 48.0 Å². The van der Waals surface area contributed by atoms with E-state index in [-0.39, 0.29) is 49.0 Å². The van der Waals surface area contributed by atoms with Crippen LogP contribution in [0.3, 0.4) is 0 Å². The molecule has 0 bridgehead atoms. The van der Waals surface area contributed by atoms with Crippen LogP contribution in [0.2, 0.25) is 0 Å². The van der Waals surface area contributed by atoms with E-state index in [1.54, 1.807) is 64.8 Å². The molecule has 19 atom stereocenters. The first-order chi connectivity index (χ1) is 42.9. The number of carbonyl (C=O) groups excluding carboxylic acids is 5. The first kappa shape index (κ1) is 76.0. The van der Waals surface area contributed by atoms with E-state index in [4.69, 9.17) is 18.9 Å². The van der Waals surface area contributed by atoms with Crippen LogP contribution in [0, 0.1) is 23.7 Å². The molecule has 29 heteroatoms. The van der Waals surface area contributed by atoms with E-state index in [0.29, 0.717) is 32.2 Å². The minimum absolute atomic E-state index is 0.0895. The number of rotatable bonds is 36. The molecule has 2 aromatic heterocycles. The van der Waals surface area contributed by atoms with E-state index in [9.17, 15) is 69.6 Å². The van der Waals surface area contributed by atoms with E-state index in [0.717, 1.165) is 22.2 Å². The second-order valence-corrected chi connectivity index (χ2v) is 26.2. The highest BCUT2D eigenvalue weighted by Gasteiger charge is 2.52. The number of carboxylic acid groups (broad SMARTS) is 1. The molecule has 2 fully saturated rings. The van der Waals surface area contributed by atoms with Crippen LogP contribution < -0.4 is 16.0 Å². The molecule has 0 aliphatic carbocycles. The maximum absolute atomic E-state index is 14.8. The van der Waals surface area contributed by atoms with E-state index >= 15 is 0 Å². The number of ether oxygens (including phenoxy) is 4. The maximum atomic E-state index is 14.8. The molecule has 0 spiro atoms. The third-order valence-corrected chi connectivity index (χ3v) is 18.5. The van der Waals surface area contributed by atoms with E-state index in [1.807, 2.05) is 49.6 Å². The van der Waals surface area contributed by atoms with E-state index in [2.05, 4.69) is 31.2 Å². The second kappa shape index (κ2) is 35.0. The summed E-state index contributed by atoms with van der Waals surface area (Å²) in [6, 6.07) is 5.10.